The fourth-order valence-corrected chi connectivity index (χ4v) is 6.94. The molecular weight excluding hydrogens is 509 g/mol. The number of nitrogens with one attached hydrogen (secondary N) is 1. The first-order valence-electron chi connectivity index (χ1n) is 13.2. The van der Waals surface area contributed by atoms with Crippen LogP contribution >= 0.6 is 23.2 Å². The molecule has 0 spiro atoms. The third-order valence-corrected chi connectivity index (χ3v) is 8.93. The summed E-state index contributed by atoms with van der Waals surface area (Å²) in [6.07, 6.45) is 6.59. The topological polar surface area (TPSA) is 69.7 Å². The molecule has 2 aromatic rings. The Labute approximate surface area is 228 Å². The average molecular weight is 543 g/mol. The predicted octanol–water partition coefficient (Wildman–Crippen LogP) is 5.37. The van der Waals surface area contributed by atoms with Gasteiger partial charge in [-0.25, -0.2) is 0 Å². The van der Waals surface area contributed by atoms with Crippen molar-refractivity contribution in [3.63, 3.8) is 0 Å². The van der Waals surface area contributed by atoms with Gasteiger partial charge in [0, 0.05) is 54.1 Å². The molecule has 3 fully saturated rings. The highest BCUT2D eigenvalue weighted by atomic mass is 35.5. The first-order valence-corrected chi connectivity index (χ1v) is 14.0. The summed E-state index contributed by atoms with van der Waals surface area (Å²) in [4.78, 5) is 40.9. The van der Waals surface area contributed by atoms with Gasteiger partial charge in [0.1, 0.15) is 6.54 Å². The van der Waals surface area contributed by atoms with Crippen LogP contribution in [0.15, 0.2) is 36.4 Å². The number of rotatable bonds is 5. The lowest BCUT2D eigenvalue weighted by Gasteiger charge is -2.34. The molecule has 3 aliphatic rings. The third-order valence-electron chi connectivity index (χ3n) is 8.30. The summed E-state index contributed by atoms with van der Waals surface area (Å²) in [7, 11) is 1.75. The predicted molar refractivity (Wildman–Crippen MR) is 146 cm³/mol. The van der Waals surface area contributed by atoms with E-state index in [0.717, 1.165) is 36.0 Å². The van der Waals surface area contributed by atoms with Gasteiger partial charge in [0.15, 0.2) is 0 Å². The van der Waals surface area contributed by atoms with Crippen LogP contribution in [0.1, 0.15) is 60.4 Å². The van der Waals surface area contributed by atoms with E-state index in [-0.39, 0.29) is 36.1 Å². The van der Waals surface area contributed by atoms with Gasteiger partial charge >= 0.3 is 0 Å². The smallest absolute Gasteiger partial charge is 0.254 e. The molecule has 0 radical (unpaired) electrons. The molecule has 5 rings (SSSR count). The van der Waals surface area contributed by atoms with Crippen LogP contribution in [0.5, 0.6) is 0 Å². The van der Waals surface area contributed by atoms with Crippen LogP contribution in [-0.4, -0.2) is 60.7 Å². The van der Waals surface area contributed by atoms with E-state index in [9.17, 15) is 14.4 Å². The first kappa shape index (κ1) is 26.1. The van der Waals surface area contributed by atoms with Crippen LogP contribution in [-0.2, 0) is 9.59 Å². The van der Waals surface area contributed by atoms with Crippen molar-refractivity contribution in [3.8, 4) is 11.1 Å². The maximum atomic E-state index is 12.9. The number of carbonyl (C=O) groups excluding carboxylic acids is 3. The van der Waals surface area contributed by atoms with Gasteiger partial charge in [-0.2, -0.15) is 0 Å². The third kappa shape index (κ3) is 5.37. The summed E-state index contributed by atoms with van der Waals surface area (Å²) < 4.78 is 0. The molecule has 2 heterocycles. The number of likely N-dealkylation sites (N-methyl/N-ethyl adjacent to an activating group) is 1. The monoisotopic (exact) mass is 541 g/mol. The summed E-state index contributed by atoms with van der Waals surface area (Å²) in [6, 6.07) is 11.2. The molecule has 37 heavy (non-hydrogen) atoms. The van der Waals surface area contributed by atoms with Gasteiger partial charge in [0.05, 0.1) is 0 Å². The van der Waals surface area contributed by atoms with Crippen molar-refractivity contribution in [1.82, 2.24) is 15.1 Å². The molecule has 2 aliphatic heterocycles. The normalized spacial score (nSPS) is 21.8. The maximum Gasteiger partial charge on any atom is 0.254 e. The van der Waals surface area contributed by atoms with Crippen LogP contribution in [0.2, 0.25) is 10.0 Å². The van der Waals surface area contributed by atoms with Crippen molar-refractivity contribution in [2.24, 2.45) is 11.8 Å². The number of nitrogens with zero attached hydrogens (tertiary/aromatic N) is 2. The molecule has 2 atom stereocenters. The van der Waals surface area contributed by atoms with Gasteiger partial charge in [-0.05, 0) is 66.1 Å². The SMILES string of the molecule is CN1CCN(C(=O)c2ccc(-c3cc(Cl)c(C(C4CCCCC4)C4CCNC4=O)c(Cl)c3)cc2)CC1=O. The zero-order chi connectivity index (χ0) is 26.1. The van der Waals surface area contributed by atoms with E-state index in [1.165, 1.54) is 19.3 Å². The van der Waals surface area contributed by atoms with E-state index in [1.807, 2.05) is 24.3 Å². The molecule has 0 aromatic heterocycles. The van der Waals surface area contributed by atoms with Gasteiger partial charge in [0.2, 0.25) is 11.8 Å². The summed E-state index contributed by atoms with van der Waals surface area (Å²) in [6.45, 7) is 1.87. The highest BCUT2D eigenvalue weighted by molar-refractivity contribution is 6.36. The fourth-order valence-electron chi connectivity index (χ4n) is 6.20. The van der Waals surface area contributed by atoms with Gasteiger partial charge in [-0.1, -0.05) is 54.6 Å². The lowest BCUT2D eigenvalue weighted by molar-refractivity contribution is -0.133. The van der Waals surface area contributed by atoms with E-state index >= 15 is 0 Å². The lowest BCUT2D eigenvalue weighted by Crippen LogP contribution is -2.50. The summed E-state index contributed by atoms with van der Waals surface area (Å²) >= 11 is 13.8. The van der Waals surface area contributed by atoms with Crippen molar-refractivity contribution in [2.75, 3.05) is 33.2 Å². The Kier molecular flexibility index (Phi) is 7.77. The van der Waals surface area contributed by atoms with Crippen molar-refractivity contribution < 1.29 is 14.4 Å². The number of carbonyl (C=O) groups is 3. The molecule has 0 bridgehead atoms. The van der Waals surface area contributed by atoms with Crippen molar-refractivity contribution in [3.05, 3.63) is 57.6 Å². The second-order valence-electron chi connectivity index (χ2n) is 10.6. The number of hydrogen-bond acceptors (Lipinski definition) is 3. The van der Waals surface area contributed by atoms with Crippen LogP contribution in [0.3, 0.4) is 0 Å². The molecule has 196 valence electrons. The minimum atomic E-state index is -0.149. The Morgan fingerprint density at radius 2 is 1.62 bits per heavy atom. The average Bonchev–Trinajstić information content (AvgIpc) is 3.33. The van der Waals surface area contributed by atoms with E-state index in [1.54, 1.807) is 29.0 Å². The zero-order valence-electron chi connectivity index (χ0n) is 21.1. The van der Waals surface area contributed by atoms with Crippen LogP contribution in [0, 0.1) is 11.8 Å². The highest BCUT2D eigenvalue weighted by Crippen LogP contribution is 2.48. The Balaban J connectivity index is 1.40. The minimum absolute atomic E-state index is 0.0168. The quantitative estimate of drug-likeness (QED) is 0.552. The molecule has 1 N–H and O–H groups in total. The highest BCUT2D eigenvalue weighted by Gasteiger charge is 2.40. The van der Waals surface area contributed by atoms with E-state index in [2.05, 4.69) is 5.32 Å². The van der Waals surface area contributed by atoms with Gasteiger partial charge in [-0.15, -0.1) is 0 Å². The lowest BCUT2D eigenvalue weighted by atomic mass is 9.70. The first-order chi connectivity index (χ1) is 17.8. The molecule has 2 unspecified atom stereocenters. The number of hydrogen-bond donors (Lipinski definition) is 1. The van der Waals surface area contributed by atoms with E-state index in [4.69, 9.17) is 23.2 Å². The standard InChI is InChI=1S/C29H33Cl2N3O3/c1-33-13-14-34(17-25(33)35)29(37)20-9-7-18(8-10-20)21-15-23(30)27(24(31)16-21)26(19-5-3-2-4-6-19)22-11-12-32-28(22)36/h7-10,15-16,19,22,26H,2-6,11-14,17H2,1H3,(H,32,36). The molecule has 6 nitrogen and oxygen atoms in total. The van der Waals surface area contributed by atoms with Gasteiger partial charge in [0.25, 0.3) is 5.91 Å². The zero-order valence-corrected chi connectivity index (χ0v) is 22.7. The van der Waals surface area contributed by atoms with Gasteiger partial charge in [-0.3, -0.25) is 14.4 Å². The number of amides is 3. The second-order valence-corrected chi connectivity index (χ2v) is 11.4. The molecular formula is C29H33Cl2N3O3. The Morgan fingerprint density at radius 1 is 0.946 bits per heavy atom. The number of benzene rings is 2. The van der Waals surface area contributed by atoms with Crippen molar-refractivity contribution in [2.45, 2.75) is 44.4 Å². The van der Waals surface area contributed by atoms with Crippen LogP contribution < -0.4 is 5.32 Å². The van der Waals surface area contributed by atoms with Crippen LogP contribution in [0.25, 0.3) is 11.1 Å². The maximum absolute atomic E-state index is 12.9. The molecule has 1 aliphatic carbocycles. The number of piperazine rings is 1. The molecule has 8 heteroatoms. The largest absolute Gasteiger partial charge is 0.356 e. The molecule has 2 saturated heterocycles. The van der Waals surface area contributed by atoms with Gasteiger partial charge < -0.3 is 15.1 Å². The van der Waals surface area contributed by atoms with E-state index in [0.29, 0.717) is 41.2 Å². The number of halogens is 2. The summed E-state index contributed by atoms with van der Waals surface area (Å²) in [5.41, 5.74) is 3.20. The Bertz CT molecular complexity index is 1170. The minimum Gasteiger partial charge on any atom is -0.356 e. The Morgan fingerprint density at radius 3 is 2.22 bits per heavy atom. The summed E-state index contributed by atoms with van der Waals surface area (Å²) in [5.74, 6) is 0.218. The second kappa shape index (κ2) is 11.0. The fraction of sp³-hybridized carbons (Fsp3) is 0.483. The van der Waals surface area contributed by atoms with E-state index < -0.39 is 0 Å². The molecule has 3 amide bonds. The summed E-state index contributed by atoms with van der Waals surface area (Å²) in [5, 5.41) is 4.18. The molecule has 1 saturated carbocycles. The van der Waals surface area contributed by atoms with Crippen LogP contribution in [0.4, 0.5) is 0 Å². The van der Waals surface area contributed by atoms with Crippen molar-refractivity contribution >= 4 is 40.9 Å². The molecule has 2 aromatic carbocycles. The Hall–Kier alpha value is -2.57. The van der Waals surface area contributed by atoms with Crippen molar-refractivity contribution in [1.29, 1.82) is 0 Å².